The molecule has 6 nitrogen and oxygen atoms in total. The van der Waals surface area contributed by atoms with Crippen LogP contribution in [-0.2, 0) is 0 Å². The highest BCUT2D eigenvalue weighted by Crippen LogP contribution is 2.43. The highest BCUT2D eigenvalue weighted by atomic mass is 19.1. The molecule has 0 saturated heterocycles. The minimum absolute atomic E-state index is 0.0473. The third-order valence-electron chi connectivity index (χ3n) is 6.19. The van der Waals surface area contributed by atoms with Gasteiger partial charge in [-0.1, -0.05) is 30.7 Å². The van der Waals surface area contributed by atoms with Crippen LogP contribution in [0.5, 0.6) is 11.5 Å². The fourth-order valence-corrected chi connectivity index (χ4v) is 4.53. The Labute approximate surface area is 207 Å². The molecule has 0 radical (unpaired) electrons. The Morgan fingerprint density at radius 2 is 1.72 bits per heavy atom. The van der Waals surface area contributed by atoms with E-state index < -0.39 is 23.2 Å². The quantitative estimate of drug-likeness (QED) is 0.311. The molecule has 1 amide bonds. The van der Waals surface area contributed by atoms with Crippen LogP contribution in [0, 0.1) is 12.7 Å². The van der Waals surface area contributed by atoms with Crippen molar-refractivity contribution in [2.75, 3.05) is 18.1 Å². The lowest BCUT2D eigenvalue weighted by atomic mass is 9.97. The fourth-order valence-electron chi connectivity index (χ4n) is 4.53. The van der Waals surface area contributed by atoms with Gasteiger partial charge in [-0.05, 0) is 68.3 Å². The molecule has 3 aromatic carbocycles. The number of amides is 1. The molecule has 36 heavy (non-hydrogen) atoms. The average Bonchev–Trinajstić information content (AvgIpc) is 3.17. The topological polar surface area (TPSA) is 69.0 Å². The molecule has 0 N–H and O–H groups in total. The van der Waals surface area contributed by atoms with Crippen molar-refractivity contribution in [3.8, 4) is 11.5 Å². The van der Waals surface area contributed by atoms with E-state index in [4.69, 9.17) is 13.9 Å². The zero-order chi connectivity index (χ0) is 25.4. The summed E-state index contributed by atoms with van der Waals surface area (Å²) in [5, 5.41) is 0.0882. The van der Waals surface area contributed by atoms with Crippen LogP contribution in [0.15, 0.2) is 69.9 Å². The van der Waals surface area contributed by atoms with Gasteiger partial charge in [-0.25, -0.2) is 4.39 Å². The molecule has 0 spiro atoms. The number of rotatable bonds is 7. The van der Waals surface area contributed by atoms with Crippen LogP contribution < -0.4 is 19.8 Å². The lowest BCUT2D eigenvalue weighted by Gasteiger charge is -2.26. The normalized spacial score (nSPS) is 14.8. The summed E-state index contributed by atoms with van der Waals surface area (Å²) in [5.74, 6) is 0.0633. The number of carbonyl (C=O) groups is 1. The largest absolute Gasteiger partial charge is 0.490 e. The Bertz CT molecular complexity index is 1510. The van der Waals surface area contributed by atoms with Gasteiger partial charge in [0.15, 0.2) is 16.9 Å². The van der Waals surface area contributed by atoms with Crippen molar-refractivity contribution in [1.82, 2.24) is 0 Å². The number of nitrogens with zero attached hydrogens (tertiary/aromatic N) is 1. The second kappa shape index (κ2) is 9.49. The fraction of sp³-hybridized carbons (Fsp3) is 0.241. The van der Waals surface area contributed by atoms with Crippen LogP contribution in [0.25, 0.3) is 11.0 Å². The Morgan fingerprint density at radius 1 is 0.944 bits per heavy atom. The van der Waals surface area contributed by atoms with Gasteiger partial charge in [0.1, 0.15) is 11.4 Å². The van der Waals surface area contributed by atoms with Crippen molar-refractivity contribution in [2.45, 2.75) is 33.2 Å². The lowest BCUT2D eigenvalue weighted by Crippen LogP contribution is -2.29. The molecule has 2 heterocycles. The van der Waals surface area contributed by atoms with Crippen molar-refractivity contribution in [3.05, 3.63) is 99.2 Å². The molecule has 5 rings (SSSR count). The number of aryl methyl sites for hydroxylation is 1. The van der Waals surface area contributed by atoms with E-state index in [1.165, 1.54) is 12.1 Å². The van der Waals surface area contributed by atoms with Crippen LogP contribution in [-0.4, -0.2) is 19.1 Å². The number of carbonyl (C=O) groups excluding carboxylic acids is 1. The van der Waals surface area contributed by atoms with E-state index in [-0.39, 0.29) is 22.3 Å². The predicted molar refractivity (Wildman–Crippen MR) is 136 cm³/mol. The maximum absolute atomic E-state index is 14.0. The number of fused-ring (bicyclic) bond motifs is 2. The minimum atomic E-state index is -0.793. The van der Waals surface area contributed by atoms with Crippen molar-refractivity contribution in [3.63, 3.8) is 0 Å². The maximum Gasteiger partial charge on any atom is 0.295 e. The first kappa shape index (κ1) is 23.6. The van der Waals surface area contributed by atoms with Crippen molar-refractivity contribution in [2.24, 2.45) is 0 Å². The Kier molecular flexibility index (Phi) is 6.22. The first-order valence-corrected chi connectivity index (χ1v) is 12.0. The number of ether oxygens (including phenoxy) is 2. The smallest absolute Gasteiger partial charge is 0.295 e. The first-order valence-electron chi connectivity index (χ1n) is 12.0. The summed E-state index contributed by atoms with van der Waals surface area (Å²) in [6.45, 7) is 6.79. The summed E-state index contributed by atoms with van der Waals surface area (Å²) in [6.07, 6.45) is 0.837. The average molecular weight is 488 g/mol. The molecule has 0 saturated carbocycles. The number of halogens is 1. The summed E-state index contributed by atoms with van der Waals surface area (Å²) in [6, 6.07) is 15.8. The van der Waals surface area contributed by atoms with Gasteiger partial charge >= 0.3 is 0 Å². The Morgan fingerprint density at radius 3 is 2.44 bits per heavy atom. The van der Waals surface area contributed by atoms with E-state index in [0.717, 1.165) is 18.1 Å². The highest BCUT2D eigenvalue weighted by Gasteiger charge is 2.44. The molecule has 7 heteroatoms. The van der Waals surface area contributed by atoms with Gasteiger partial charge in [0, 0.05) is 5.69 Å². The minimum Gasteiger partial charge on any atom is -0.490 e. The van der Waals surface area contributed by atoms with Crippen LogP contribution in [0.2, 0.25) is 0 Å². The zero-order valence-electron chi connectivity index (χ0n) is 20.3. The van der Waals surface area contributed by atoms with Crippen LogP contribution in [0.1, 0.15) is 53.6 Å². The molecule has 1 aliphatic rings. The van der Waals surface area contributed by atoms with E-state index in [1.807, 2.05) is 51.1 Å². The van der Waals surface area contributed by atoms with E-state index >= 15 is 0 Å². The molecular formula is C29H26FNO5. The van der Waals surface area contributed by atoms with Crippen molar-refractivity contribution < 1.29 is 23.1 Å². The second-order valence-electron chi connectivity index (χ2n) is 8.72. The van der Waals surface area contributed by atoms with Crippen LogP contribution in [0.4, 0.5) is 10.1 Å². The number of hydrogen-bond acceptors (Lipinski definition) is 5. The molecule has 4 aromatic rings. The van der Waals surface area contributed by atoms with E-state index in [2.05, 4.69) is 0 Å². The third-order valence-corrected chi connectivity index (χ3v) is 6.19. The van der Waals surface area contributed by atoms with Crippen molar-refractivity contribution in [1.29, 1.82) is 0 Å². The van der Waals surface area contributed by atoms with Gasteiger partial charge in [0.25, 0.3) is 5.91 Å². The van der Waals surface area contributed by atoms with E-state index in [0.29, 0.717) is 36.0 Å². The molecule has 0 fully saturated rings. The first-order chi connectivity index (χ1) is 17.4. The van der Waals surface area contributed by atoms with Crippen LogP contribution >= 0.6 is 0 Å². The van der Waals surface area contributed by atoms with Gasteiger partial charge < -0.3 is 13.9 Å². The van der Waals surface area contributed by atoms with E-state index in [1.54, 1.807) is 17.0 Å². The molecule has 1 unspecified atom stereocenters. The Balaban J connectivity index is 1.75. The summed E-state index contributed by atoms with van der Waals surface area (Å²) in [4.78, 5) is 28.9. The van der Waals surface area contributed by atoms with Crippen LogP contribution in [0.3, 0.4) is 0 Å². The monoisotopic (exact) mass is 487 g/mol. The van der Waals surface area contributed by atoms with Gasteiger partial charge in [-0.3, -0.25) is 14.5 Å². The summed E-state index contributed by atoms with van der Waals surface area (Å²) in [5.41, 5.74) is 2.19. The molecular weight excluding hydrogens is 461 g/mol. The van der Waals surface area contributed by atoms with Gasteiger partial charge in [0.2, 0.25) is 5.76 Å². The van der Waals surface area contributed by atoms with Gasteiger partial charge in [-0.2, -0.15) is 0 Å². The number of hydrogen-bond donors (Lipinski definition) is 0. The number of anilines is 1. The molecule has 0 aliphatic carbocycles. The van der Waals surface area contributed by atoms with Crippen molar-refractivity contribution >= 4 is 22.6 Å². The summed E-state index contributed by atoms with van der Waals surface area (Å²) < 4.78 is 31.6. The SMILES string of the molecule is CCCOc1ccc(C2c3c(oc4ccc(F)cc4c3=O)C(=O)N2c2ccc(C)cc2)cc1OCC. The number of benzene rings is 3. The summed E-state index contributed by atoms with van der Waals surface area (Å²) >= 11 is 0. The second-order valence-corrected chi connectivity index (χ2v) is 8.72. The molecule has 184 valence electrons. The standard InChI is InChI=1S/C29H26FNO5/c1-4-14-35-23-12-8-18(15-24(23)34-5-2)26-25-27(32)21-16-19(30)9-13-22(21)36-28(25)29(33)31(26)20-10-6-17(3)7-11-20/h6-13,15-16,26H,4-5,14H2,1-3H3. The highest BCUT2D eigenvalue weighted by molar-refractivity contribution is 6.10. The van der Waals surface area contributed by atoms with Gasteiger partial charge in [-0.15, -0.1) is 0 Å². The molecule has 0 bridgehead atoms. The zero-order valence-corrected chi connectivity index (χ0v) is 20.3. The summed E-state index contributed by atoms with van der Waals surface area (Å²) in [7, 11) is 0. The van der Waals surface area contributed by atoms with E-state index in [9.17, 15) is 14.0 Å². The Hall–Kier alpha value is -4.13. The maximum atomic E-state index is 14.0. The molecule has 1 aromatic heterocycles. The van der Waals surface area contributed by atoms with Gasteiger partial charge in [0.05, 0.1) is 30.2 Å². The third kappa shape index (κ3) is 4.00. The lowest BCUT2D eigenvalue weighted by molar-refractivity contribution is 0.0971. The molecule has 1 aliphatic heterocycles. The molecule has 1 atom stereocenters. The predicted octanol–water partition coefficient (Wildman–Crippen LogP) is 6.18.